The van der Waals surface area contributed by atoms with Crippen LogP contribution in [0.15, 0.2) is 46.3 Å². The second kappa shape index (κ2) is 8.82. The van der Waals surface area contributed by atoms with Crippen molar-refractivity contribution in [3.8, 4) is 0 Å². The maximum Gasteiger partial charge on any atom is 0.292 e. The Morgan fingerprint density at radius 1 is 1.10 bits per heavy atom. The van der Waals surface area contributed by atoms with E-state index < -0.39 is 5.91 Å². The number of nitrogens with one attached hydrogen (secondary N) is 1. The predicted molar refractivity (Wildman–Crippen MR) is 117 cm³/mol. The summed E-state index contributed by atoms with van der Waals surface area (Å²) < 4.78 is 1.37. The monoisotopic (exact) mass is 390 g/mol. The zero-order valence-electron chi connectivity index (χ0n) is 17.3. The largest absolute Gasteiger partial charge is 0.292 e. The van der Waals surface area contributed by atoms with Crippen molar-refractivity contribution in [1.29, 1.82) is 0 Å². The standard InChI is InChI=1S/C23H26N4O2/c1-5-6-11-27-23(29)20-10-8-7-9-19(20)21(26-27)22(28)25-24-14-18-13-16(3)15(2)12-17(18)4/h7-10,12-14H,5-6,11H2,1-4H3,(H,25,28)/b24-14-. The Morgan fingerprint density at radius 3 is 2.52 bits per heavy atom. The van der Waals surface area contributed by atoms with E-state index in [0.29, 0.717) is 17.3 Å². The molecule has 3 aromatic rings. The minimum Gasteiger partial charge on any atom is -0.267 e. The van der Waals surface area contributed by atoms with Crippen LogP contribution in [-0.2, 0) is 6.54 Å². The first-order valence-electron chi connectivity index (χ1n) is 9.83. The fraction of sp³-hybridized carbons (Fsp3) is 0.304. The number of hydrazone groups is 1. The molecule has 0 saturated heterocycles. The third-order valence-electron chi connectivity index (χ3n) is 5.06. The molecule has 0 aliphatic heterocycles. The third kappa shape index (κ3) is 4.42. The van der Waals surface area contributed by atoms with E-state index >= 15 is 0 Å². The third-order valence-corrected chi connectivity index (χ3v) is 5.06. The highest BCUT2D eigenvalue weighted by Crippen LogP contribution is 2.15. The predicted octanol–water partition coefficient (Wildman–Crippen LogP) is 3.89. The van der Waals surface area contributed by atoms with E-state index in [9.17, 15) is 9.59 Å². The van der Waals surface area contributed by atoms with Gasteiger partial charge in [0.15, 0.2) is 5.69 Å². The van der Waals surface area contributed by atoms with Gasteiger partial charge in [0, 0.05) is 11.9 Å². The summed E-state index contributed by atoms with van der Waals surface area (Å²) in [6.07, 6.45) is 3.38. The van der Waals surface area contributed by atoms with Crippen molar-refractivity contribution in [3.05, 3.63) is 74.7 Å². The number of rotatable bonds is 6. The molecule has 0 bridgehead atoms. The minimum atomic E-state index is -0.441. The molecule has 0 saturated carbocycles. The molecular formula is C23H26N4O2. The molecule has 0 aliphatic rings. The van der Waals surface area contributed by atoms with Gasteiger partial charge in [0.1, 0.15) is 0 Å². The number of benzene rings is 2. The van der Waals surface area contributed by atoms with Gasteiger partial charge in [-0.05, 0) is 61.6 Å². The fourth-order valence-electron chi connectivity index (χ4n) is 3.20. The van der Waals surface area contributed by atoms with E-state index in [1.165, 1.54) is 15.8 Å². The van der Waals surface area contributed by atoms with Crippen LogP contribution >= 0.6 is 0 Å². The van der Waals surface area contributed by atoms with Gasteiger partial charge >= 0.3 is 0 Å². The number of aromatic nitrogens is 2. The Morgan fingerprint density at radius 2 is 1.79 bits per heavy atom. The number of hydrogen-bond acceptors (Lipinski definition) is 4. The molecule has 0 aliphatic carbocycles. The van der Waals surface area contributed by atoms with Crippen LogP contribution in [-0.4, -0.2) is 21.9 Å². The van der Waals surface area contributed by atoms with Crippen molar-refractivity contribution < 1.29 is 4.79 Å². The lowest BCUT2D eigenvalue weighted by molar-refractivity contribution is 0.0949. The van der Waals surface area contributed by atoms with Crippen molar-refractivity contribution in [2.24, 2.45) is 5.10 Å². The van der Waals surface area contributed by atoms with Crippen LogP contribution in [0.3, 0.4) is 0 Å². The molecule has 0 atom stereocenters. The number of carbonyl (C=O) groups is 1. The number of aryl methyl sites for hydroxylation is 4. The highest BCUT2D eigenvalue weighted by Gasteiger charge is 2.16. The van der Waals surface area contributed by atoms with Gasteiger partial charge in [-0.25, -0.2) is 10.1 Å². The van der Waals surface area contributed by atoms with Crippen molar-refractivity contribution in [2.45, 2.75) is 47.1 Å². The molecule has 1 N–H and O–H groups in total. The van der Waals surface area contributed by atoms with E-state index in [1.807, 2.05) is 26.8 Å². The molecule has 2 aromatic carbocycles. The summed E-state index contributed by atoms with van der Waals surface area (Å²) in [5.74, 6) is -0.441. The highest BCUT2D eigenvalue weighted by molar-refractivity contribution is 6.05. The number of carbonyl (C=O) groups excluding carboxylic acids is 1. The molecule has 29 heavy (non-hydrogen) atoms. The molecule has 0 unspecified atom stereocenters. The van der Waals surface area contributed by atoms with Gasteiger partial charge in [0.05, 0.1) is 11.6 Å². The van der Waals surface area contributed by atoms with Crippen LogP contribution in [0.4, 0.5) is 0 Å². The molecule has 6 nitrogen and oxygen atoms in total. The quantitative estimate of drug-likeness (QED) is 0.512. The molecule has 1 amide bonds. The number of amides is 1. The van der Waals surface area contributed by atoms with Crippen molar-refractivity contribution >= 4 is 22.9 Å². The molecule has 0 radical (unpaired) electrons. The molecule has 1 heterocycles. The Hall–Kier alpha value is -3.28. The Bertz CT molecular complexity index is 1150. The second-order valence-corrected chi connectivity index (χ2v) is 7.27. The zero-order valence-corrected chi connectivity index (χ0v) is 17.3. The van der Waals surface area contributed by atoms with Gasteiger partial charge in [-0.1, -0.05) is 37.6 Å². The van der Waals surface area contributed by atoms with E-state index in [2.05, 4.69) is 28.6 Å². The van der Waals surface area contributed by atoms with E-state index in [4.69, 9.17) is 0 Å². The number of hydrogen-bond donors (Lipinski definition) is 1. The maximum atomic E-state index is 12.8. The summed E-state index contributed by atoms with van der Waals surface area (Å²) in [4.78, 5) is 25.4. The average molecular weight is 390 g/mol. The van der Waals surface area contributed by atoms with Gasteiger partial charge < -0.3 is 0 Å². The van der Waals surface area contributed by atoms with Crippen molar-refractivity contribution in [1.82, 2.24) is 15.2 Å². The van der Waals surface area contributed by atoms with Crippen molar-refractivity contribution in [3.63, 3.8) is 0 Å². The van der Waals surface area contributed by atoms with Crippen molar-refractivity contribution in [2.75, 3.05) is 0 Å². The fourth-order valence-corrected chi connectivity index (χ4v) is 3.20. The molecule has 6 heteroatoms. The Balaban J connectivity index is 1.92. The molecule has 3 rings (SSSR count). The lowest BCUT2D eigenvalue weighted by Gasteiger charge is -2.10. The van der Waals surface area contributed by atoms with Crippen LogP contribution in [0.2, 0.25) is 0 Å². The van der Waals surface area contributed by atoms with Gasteiger partial charge in [-0.2, -0.15) is 10.2 Å². The smallest absolute Gasteiger partial charge is 0.267 e. The first-order chi connectivity index (χ1) is 13.9. The first kappa shape index (κ1) is 20.5. The van der Waals surface area contributed by atoms with Crippen LogP contribution < -0.4 is 11.0 Å². The average Bonchev–Trinajstić information content (AvgIpc) is 2.71. The molecule has 1 aromatic heterocycles. The molecular weight excluding hydrogens is 364 g/mol. The van der Waals surface area contributed by atoms with Gasteiger partial charge in [-0.15, -0.1) is 0 Å². The normalized spacial score (nSPS) is 11.3. The summed E-state index contributed by atoms with van der Waals surface area (Å²) >= 11 is 0. The Labute approximate surface area is 170 Å². The summed E-state index contributed by atoms with van der Waals surface area (Å²) in [5, 5.41) is 9.46. The summed E-state index contributed by atoms with van der Waals surface area (Å²) in [7, 11) is 0. The number of nitrogens with zero attached hydrogens (tertiary/aromatic N) is 3. The second-order valence-electron chi connectivity index (χ2n) is 7.27. The lowest BCUT2D eigenvalue weighted by Crippen LogP contribution is -2.29. The summed E-state index contributed by atoms with van der Waals surface area (Å²) in [6, 6.07) is 11.2. The van der Waals surface area contributed by atoms with E-state index in [0.717, 1.165) is 24.0 Å². The SMILES string of the molecule is CCCCn1nc(C(=O)N/N=C\c2cc(C)c(C)cc2C)c2ccccc2c1=O. The molecule has 150 valence electrons. The minimum absolute atomic E-state index is 0.181. The maximum absolute atomic E-state index is 12.8. The number of fused-ring (bicyclic) bond motifs is 1. The summed E-state index contributed by atoms with van der Waals surface area (Å²) in [6.45, 7) is 8.64. The van der Waals surface area contributed by atoms with E-state index in [1.54, 1.807) is 30.5 Å². The van der Waals surface area contributed by atoms with Crippen LogP contribution in [0.25, 0.3) is 10.8 Å². The van der Waals surface area contributed by atoms with Gasteiger partial charge in [-0.3, -0.25) is 9.59 Å². The van der Waals surface area contributed by atoms with E-state index in [-0.39, 0.29) is 11.3 Å². The van der Waals surface area contributed by atoms with Crippen LogP contribution in [0, 0.1) is 20.8 Å². The Kier molecular flexibility index (Phi) is 6.22. The van der Waals surface area contributed by atoms with Crippen LogP contribution in [0.1, 0.15) is 52.5 Å². The van der Waals surface area contributed by atoms with Gasteiger partial charge in [0.25, 0.3) is 11.5 Å². The molecule has 0 spiro atoms. The molecule has 0 fully saturated rings. The van der Waals surface area contributed by atoms with Gasteiger partial charge in [0.2, 0.25) is 0 Å². The topological polar surface area (TPSA) is 76.3 Å². The number of unbranched alkanes of at least 4 members (excludes halogenated alkanes) is 1. The highest BCUT2D eigenvalue weighted by atomic mass is 16.2. The lowest BCUT2D eigenvalue weighted by atomic mass is 10.0. The summed E-state index contributed by atoms with van der Waals surface area (Å²) in [5.41, 5.74) is 6.99. The van der Waals surface area contributed by atoms with Crippen LogP contribution in [0.5, 0.6) is 0 Å². The zero-order chi connectivity index (χ0) is 21.0. The first-order valence-corrected chi connectivity index (χ1v) is 9.83.